The number of anilines is 2. The minimum Gasteiger partial charge on any atom is -0.310 e. The van der Waals surface area contributed by atoms with Crippen molar-refractivity contribution in [2.45, 2.75) is 27.2 Å². The topological polar surface area (TPSA) is 52.8 Å². The molecule has 0 N–H and O–H groups in total. The lowest BCUT2D eigenvalue weighted by Crippen LogP contribution is -2.17. The molecule has 0 bridgehead atoms. The van der Waals surface area contributed by atoms with Gasteiger partial charge in [0.05, 0.1) is 0 Å². The van der Waals surface area contributed by atoms with E-state index >= 15 is 0 Å². The van der Waals surface area contributed by atoms with Crippen molar-refractivity contribution in [3.63, 3.8) is 0 Å². The summed E-state index contributed by atoms with van der Waals surface area (Å²) in [6, 6.07) is 8.24. The number of fused-ring (bicyclic) bond motifs is 1. The number of hydrogen-bond acceptors (Lipinski definition) is 4. The molecule has 0 fully saturated rings. The van der Waals surface area contributed by atoms with E-state index in [4.69, 9.17) is 5.26 Å². The van der Waals surface area contributed by atoms with E-state index in [0.717, 1.165) is 18.7 Å². The fourth-order valence-corrected chi connectivity index (χ4v) is 2.60. The van der Waals surface area contributed by atoms with Gasteiger partial charge in [-0.25, -0.2) is 9.97 Å². The zero-order valence-corrected chi connectivity index (χ0v) is 11.9. The first kappa shape index (κ1) is 12.6. The number of nitrogens with zero attached hydrogens (tertiary/aromatic N) is 4. The van der Waals surface area contributed by atoms with E-state index in [2.05, 4.69) is 46.9 Å². The van der Waals surface area contributed by atoms with Gasteiger partial charge >= 0.3 is 0 Å². The molecule has 20 heavy (non-hydrogen) atoms. The van der Waals surface area contributed by atoms with Crippen molar-refractivity contribution < 1.29 is 0 Å². The van der Waals surface area contributed by atoms with E-state index in [0.29, 0.717) is 11.6 Å². The Labute approximate surface area is 118 Å². The first-order valence-electron chi connectivity index (χ1n) is 6.72. The van der Waals surface area contributed by atoms with Crippen LogP contribution in [-0.2, 0) is 6.42 Å². The summed E-state index contributed by atoms with van der Waals surface area (Å²) < 4.78 is 0. The zero-order chi connectivity index (χ0) is 14.3. The smallest absolute Gasteiger partial charge is 0.231 e. The van der Waals surface area contributed by atoms with E-state index in [1.807, 2.05) is 6.92 Å². The predicted octanol–water partition coefficient (Wildman–Crippen LogP) is 2.97. The lowest BCUT2D eigenvalue weighted by atomic mass is 10.0. The van der Waals surface area contributed by atoms with Crippen LogP contribution in [0.2, 0.25) is 0 Å². The molecule has 1 aromatic carbocycles. The molecular formula is C16H16N4. The van der Waals surface area contributed by atoms with Crippen molar-refractivity contribution in [1.82, 2.24) is 9.97 Å². The molecule has 4 nitrogen and oxygen atoms in total. The van der Waals surface area contributed by atoms with Crippen molar-refractivity contribution in [2.24, 2.45) is 0 Å². The molecule has 0 amide bonds. The summed E-state index contributed by atoms with van der Waals surface area (Å²) in [7, 11) is 0. The molecule has 0 radical (unpaired) electrons. The van der Waals surface area contributed by atoms with Crippen LogP contribution in [-0.4, -0.2) is 16.5 Å². The third-order valence-corrected chi connectivity index (χ3v) is 3.79. The van der Waals surface area contributed by atoms with Crippen LogP contribution in [0.4, 0.5) is 11.6 Å². The predicted molar refractivity (Wildman–Crippen MR) is 78.1 cm³/mol. The Balaban J connectivity index is 2.10. The van der Waals surface area contributed by atoms with Crippen LogP contribution >= 0.6 is 0 Å². The van der Waals surface area contributed by atoms with E-state index in [9.17, 15) is 0 Å². The lowest BCUT2D eigenvalue weighted by Gasteiger charge is -2.18. The van der Waals surface area contributed by atoms with Gasteiger partial charge in [0.15, 0.2) is 0 Å². The molecule has 1 aromatic heterocycles. The van der Waals surface area contributed by atoms with Gasteiger partial charge in [-0.15, -0.1) is 0 Å². The third-order valence-electron chi connectivity index (χ3n) is 3.79. The summed E-state index contributed by atoms with van der Waals surface area (Å²) >= 11 is 0. The third kappa shape index (κ3) is 2.01. The highest BCUT2D eigenvalue weighted by Gasteiger charge is 2.23. The van der Waals surface area contributed by atoms with Crippen LogP contribution in [0.15, 0.2) is 18.2 Å². The Morgan fingerprint density at radius 1 is 1.10 bits per heavy atom. The van der Waals surface area contributed by atoms with Crippen LogP contribution in [0.5, 0.6) is 0 Å². The van der Waals surface area contributed by atoms with Crippen molar-refractivity contribution in [2.75, 3.05) is 11.4 Å². The van der Waals surface area contributed by atoms with Crippen molar-refractivity contribution in [3.8, 4) is 6.07 Å². The molecule has 0 aliphatic carbocycles. The summed E-state index contributed by atoms with van der Waals surface area (Å²) in [5, 5.41) is 9.05. The van der Waals surface area contributed by atoms with Crippen LogP contribution < -0.4 is 4.90 Å². The fraction of sp³-hybridized carbons (Fsp3) is 0.312. The molecule has 0 atom stereocenters. The highest BCUT2D eigenvalue weighted by atomic mass is 15.3. The Morgan fingerprint density at radius 2 is 1.85 bits per heavy atom. The van der Waals surface area contributed by atoms with Gasteiger partial charge in [-0.05, 0) is 56.0 Å². The van der Waals surface area contributed by atoms with Crippen LogP contribution in [0.1, 0.15) is 28.1 Å². The second-order valence-corrected chi connectivity index (χ2v) is 5.27. The largest absolute Gasteiger partial charge is 0.310 e. The van der Waals surface area contributed by atoms with Gasteiger partial charge < -0.3 is 4.90 Å². The quantitative estimate of drug-likeness (QED) is 0.794. The van der Waals surface area contributed by atoms with Crippen molar-refractivity contribution in [3.05, 3.63) is 46.3 Å². The second kappa shape index (κ2) is 4.61. The lowest BCUT2D eigenvalue weighted by molar-refractivity contribution is 0.924. The number of aromatic nitrogens is 2. The molecule has 1 aliphatic heterocycles. The van der Waals surface area contributed by atoms with Gasteiger partial charge in [0.2, 0.25) is 5.95 Å². The molecule has 0 spiro atoms. The average Bonchev–Trinajstić information content (AvgIpc) is 2.81. The van der Waals surface area contributed by atoms with E-state index < -0.39 is 0 Å². The molecule has 1 aliphatic rings. The number of benzene rings is 1. The molecule has 0 unspecified atom stereocenters. The molecule has 0 saturated carbocycles. The molecule has 3 rings (SSSR count). The molecular weight excluding hydrogens is 248 g/mol. The molecule has 0 saturated heterocycles. The highest BCUT2D eigenvalue weighted by Crippen LogP contribution is 2.34. The van der Waals surface area contributed by atoms with Crippen molar-refractivity contribution >= 4 is 11.6 Å². The van der Waals surface area contributed by atoms with Gasteiger partial charge in [-0.1, -0.05) is 6.07 Å². The molecule has 2 heterocycles. The Morgan fingerprint density at radius 3 is 2.60 bits per heavy atom. The summed E-state index contributed by atoms with van der Waals surface area (Å²) in [5.41, 5.74) is 6.32. The van der Waals surface area contributed by atoms with Gasteiger partial charge in [0, 0.05) is 17.9 Å². The van der Waals surface area contributed by atoms with E-state index in [1.165, 1.54) is 22.4 Å². The van der Waals surface area contributed by atoms with Gasteiger partial charge in [-0.3, -0.25) is 0 Å². The number of rotatable bonds is 1. The second-order valence-electron chi connectivity index (χ2n) is 5.27. The maximum atomic E-state index is 9.05. The summed E-state index contributed by atoms with van der Waals surface area (Å²) in [6.45, 7) is 7.01. The minimum absolute atomic E-state index is 0.421. The minimum atomic E-state index is 0.421. The summed E-state index contributed by atoms with van der Waals surface area (Å²) in [4.78, 5) is 10.9. The van der Waals surface area contributed by atoms with Gasteiger partial charge in [0.25, 0.3) is 0 Å². The van der Waals surface area contributed by atoms with Gasteiger partial charge in [0.1, 0.15) is 11.8 Å². The fourth-order valence-electron chi connectivity index (χ4n) is 2.60. The summed E-state index contributed by atoms with van der Waals surface area (Å²) in [5.74, 6) is 0.628. The number of nitriles is 1. The normalized spacial score (nSPS) is 13.2. The SMILES string of the molecule is Cc1cc(C#N)nc(N2CCc3cc(C)c(C)cc32)n1. The Hall–Kier alpha value is -2.41. The number of hydrogen-bond donors (Lipinski definition) is 0. The monoisotopic (exact) mass is 264 g/mol. The maximum absolute atomic E-state index is 9.05. The summed E-state index contributed by atoms with van der Waals surface area (Å²) in [6.07, 6.45) is 0.996. The molecule has 2 aromatic rings. The zero-order valence-electron chi connectivity index (χ0n) is 11.9. The Bertz CT molecular complexity index is 728. The van der Waals surface area contributed by atoms with E-state index in [-0.39, 0.29) is 0 Å². The van der Waals surface area contributed by atoms with Crippen LogP contribution in [0.3, 0.4) is 0 Å². The van der Waals surface area contributed by atoms with Gasteiger partial charge in [-0.2, -0.15) is 5.26 Å². The van der Waals surface area contributed by atoms with E-state index in [1.54, 1.807) is 6.07 Å². The average molecular weight is 264 g/mol. The first-order valence-corrected chi connectivity index (χ1v) is 6.72. The maximum Gasteiger partial charge on any atom is 0.231 e. The standard InChI is InChI=1S/C16H16N4/c1-10-6-13-4-5-20(15(13)7-11(10)2)16-18-12(3)8-14(9-17)19-16/h6-8H,4-5H2,1-3H3. The highest BCUT2D eigenvalue weighted by molar-refractivity contribution is 5.67. The first-order chi connectivity index (χ1) is 9.58. The van der Waals surface area contributed by atoms with Crippen LogP contribution in [0.25, 0.3) is 0 Å². The molecule has 100 valence electrons. The van der Waals surface area contributed by atoms with Crippen LogP contribution in [0, 0.1) is 32.1 Å². The molecule has 4 heteroatoms. The Kier molecular flexibility index (Phi) is 2.90. The number of aryl methyl sites for hydroxylation is 3. The van der Waals surface area contributed by atoms with Crippen molar-refractivity contribution in [1.29, 1.82) is 5.26 Å².